The van der Waals surface area contributed by atoms with Crippen LogP contribution in [-0.4, -0.2) is 40.3 Å². The molecule has 2 aliphatic rings. The summed E-state index contributed by atoms with van der Waals surface area (Å²) in [5.74, 6) is 0.237. The van der Waals surface area contributed by atoms with E-state index in [-0.39, 0.29) is 23.3 Å². The molecule has 30 heavy (non-hydrogen) atoms. The van der Waals surface area contributed by atoms with Crippen molar-refractivity contribution in [3.8, 4) is 5.75 Å². The van der Waals surface area contributed by atoms with Gasteiger partial charge in [0, 0.05) is 23.7 Å². The Hall–Kier alpha value is -3.33. The number of ketones is 1. The fourth-order valence-corrected chi connectivity index (χ4v) is 3.91. The number of fused-ring (bicyclic) bond motifs is 1. The van der Waals surface area contributed by atoms with Gasteiger partial charge < -0.3 is 4.74 Å². The molecule has 1 atom stereocenters. The van der Waals surface area contributed by atoms with Gasteiger partial charge in [-0.25, -0.2) is 4.39 Å². The first kappa shape index (κ1) is 20.0. The predicted molar refractivity (Wildman–Crippen MR) is 114 cm³/mol. The van der Waals surface area contributed by atoms with Crippen molar-refractivity contribution in [3.63, 3.8) is 0 Å². The molecule has 0 aromatic heterocycles. The van der Waals surface area contributed by atoms with Crippen molar-refractivity contribution in [3.05, 3.63) is 72.3 Å². The number of benzene rings is 2. The lowest BCUT2D eigenvalue weighted by molar-refractivity contribution is -0.122. The van der Waals surface area contributed by atoms with Crippen LogP contribution in [0.2, 0.25) is 0 Å². The molecule has 2 aromatic rings. The summed E-state index contributed by atoms with van der Waals surface area (Å²) in [5, 5.41) is 4.73. The molecule has 1 amide bonds. The molecule has 0 fully saturated rings. The zero-order chi connectivity index (χ0) is 21.1. The van der Waals surface area contributed by atoms with Crippen LogP contribution in [0, 0.1) is 5.82 Å². The summed E-state index contributed by atoms with van der Waals surface area (Å²) in [5.41, 5.74) is 3.95. The Bertz CT molecular complexity index is 1010. The number of hydrogen-bond acceptors (Lipinski definition) is 7. The van der Waals surface area contributed by atoms with E-state index in [0.717, 1.165) is 5.75 Å². The number of hydrogen-bond donors (Lipinski definition) is 1. The molecule has 0 saturated carbocycles. The van der Waals surface area contributed by atoms with Crippen molar-refractivity contribution in [1.29, 1.82) is 0 Å². The van der Waals surface area contributed by atoms with Crippen molar-refractivity contribution in [1.82, 2.24) is 10.3 Å². The number of anilines is 1. The summed E-state index contributed by atoms with van der Waals surface area (Å²) < 4.78 is 18.5. The van der Waals surface area contributed by atoms with Crippen LogP contribution in [0.3, 0.4) is 0 Å². The maximum atomic E-state index is 13.1. The van der Waals surface area contributed by atoms with Gasteiger partial charge in [0.05, 0.1) is 12.4 Å². The highest BCUT2D eigenvalue weighted by Gasteiger charge is 2.38. The summed E-state index contributed by atoms with van der Waals surface area (Å²) in [6.07, 6.45) is 2.61. The van der Waals surface area contributed by atoms with Crippen LogP contribution >= 0.6 is 11.8 Å². The minimum Gasteiger partial charge on any atom is -0.494 e. The Morgan fingerprint density at radius 3 is 2.60 bits per heavy atom. The minimum absolute atomic E-state index is 0.0468. The maximum Gasteiger partial charge on any atom is 0.276 e. The highest BCUT2D eigenvalue weighted by molar-refractivity contribution is 8.14. The van der Waals surface area contributed by atoms with Crippen molar-refractivity contribution < 1.29 is 18.7 Å². The standard InChI is InChI=1S/C21H19FN4O3S/c1-2-29-17-9-3-14(4-10-17)18(27)13-30-21-24-23-19-20(28)25(11-12-26(19)21)16-7-5-15(22)6-8-16/h3-12,19,23H,2,13H2,1H3. The van der Waals surface area contributed by atoms with Crippen molar-refractivity contribution in [2.45, 2.75) is 13.1 Å². The maximum absolute atomic E-state index is 13.1. The minimum atomic E-state index is -0.705. The van der Waals surface area contributed by atoms with Crippen LogP contribution < -0.4 is 15.1 Å². The second kappa shape index (κ2) is 8.58. The molecule has 1 unspecified atom stereocenters. The molecule has 2 heterocycles. The molecule has 0 saturated heterocycles. The van der Waals surface area contributed by atoms with E-state index in [1.54, 1.807) is 41.6 Å². The highest BCUT2D eigenvalue weighted by atomic mass is 32.2. The SMILES string of the molecule is CCOc1ccc(C(=O)CSC2=NNC3C(=O)N(c4ccc(F)cc4)C=CN23)cc1. The van der Waals surface area contributed by atoms with Gasteiger partial charge in [-0.05, 0) is 55.5 Å². The fourth-order valence-electron chi connectivity index (χ4n) is 3.05. The summed E-state index contributed by atoms with van der Waals surface area (Å²) in [4.78, 5) is 28.4. The average molecular weight is 426 g/mol. The van der Waals surface area contributed by atoms with Crippen molar-refractivity contribution in [2.75, 3.05) is 17.3 Å². The van der Waals surface area contributed by atoms with E-state index in [0.29, 0.717) is 23.0 Å². The first-order chi connectivity index (χ1) is 14.6. The number of amidine groups is 1. The lowest BCUT2D eigenvalue weighted by Gasteiger charge is -2.31. The normalized spacial score (nSPS) is 17.5. The number of carbonyl (C=O) groups excluding carboxylic acids is 2. The quantitative estimate of drug-likeness (QED) is 0.716. The molecule has 0 aliphatic carbocycles. The number of nitrogens with zero attached hydrogens (tertiary/aromatic N) is 3. The van der Waals surface area contributed by atoms with E-state index >= 15 is 0 Å². The van der Waals surface area contributed by atoms with Gasteiger partial charge in [-0.15, -0.1) is 0 Å². The Morgan fingerprint density at radius 1 is 1.17 bits per heavy atom. The third-order valence-electron chi connectivity index (χ3n) is 4.55. The molecule has 2 aromatic carbocycles. The zero-order valence-electron chi connectivity index (χ0n) is 16.1. The Balaban J connectivity index is 1.39. The molecule has 4 rings (SSSR count). The molecule has 0 radical (unpaired) electrons. The second-order valence-corrected chi connectivity index (χ2v) is 7.43. The average Bonchev–Trinajstić information content (AvgIpc) is 3.18. The van der Waals surface area contributed by atoms with Crippen LogP contribution in [-0.2, 0) is 4.79 Å². The van der Waals surface area contributed by atoms with Crippen molar-refractivity contribution >= 4 is 34.3 Å². The van der Waals surface area contributed by atoms with Gasteiger partial charge in [-0.2, -0.15) is 5.10 Å². The largest absolute Gasteiger partial charge is 0.494 e. The third kappa shape index (κ3) is 4.02. The zero-order valence-corrected chi connectivity index (χ0v) is 16.9. The van der Waals surface area contributed by atoms with E-state index in [1.807, 2.05) is 6.92 Å². The van der Waals surface area contributed by atoms with Gasteiger partial charge in [0.1, 0.15) is 11.6 Å². The lowest BCUT2D eigenvalue weighted by atomic mass is 10.1. The molecular formula is C21H19FN4O3S. The molecule has 154 valence electrons. The van der Waals surface area contributed by atoms with Crippen LogP contribution in [0.1, 0.15) is 17.3 Å². The number of carbonyl (C=O) groups is 2. The number of halogens is 1. The first-order valence-corrected chi connectivity index (χ1v) is 10.3. The number of amides is 1. The summed E-state index contributed by atoms with van der Waals surface area (Å²) >= 11 is 1.25. The van der Waals surface area contributed by atoms with E-state index in [4.69, 9.17) is 4.74 Å². The van der Waals surface area contributed by atoms with Gasteiger partial charge in [0.2, 0.25) is 6.17 Å². The Labute approximate surface area is 177 Å². The van der Waals surface area contributed by atoms with E-state index < -0.39 is 6.17 Å². The van der Waals surface area contributed by atoms with Gasteiger partial charge in [-0.1, -0.05) is 11.8 Å². The summed E-state index contributed by atoms with van der Waals surface area (Å²) in [7, 11) is 0. The third-order valence-corrected chi connectivity index (χ3v) is 5.52. The number of hydrazone groups is 1. The number of ether oxygens (including phenoxy) is 1. The van der Waals surface area contributed by atoms with E-state index in [1.165, 1.54) is 40.9 Å². The van der Waals surface area contributed by atoms with E-state index in [9.17, 15) is 14.0 Å². The monoisotopic (exact) mass is 426 g/mol. The van der Waals surface area contributed by atoms with Gasteiger partial charge in [-0.3, -0.25) is 24.8 Å². The summed E-state index contributed by atoms with van der Waals surface area (Å²) in [6, 6.07) is 12.7. The van der Waals surface area contributed by atoms with Gasteiger partial charge in [0.15, 0.2) is 11.0 Å². The molecule has 9 heteroatoms. The molecule has 0 spiro atoms. The molecular weight excluding hydrogens is 407 g/mol. The second-order valence-electron chi connectivity index (χ2n) is 6.49. The van der Waals surface area contributed by atoms with Crippen LogP contribution in [0.25, 0.3) is 0 Å². The van der Waals surface area contributed by atoms with Gasteiger partial charge >= 0.3 is 0 Å². The van der Waals surface area contributed by atoms with Crippen LogP contribution in [0.5, 0.6) is 5.75 Å². The number of nitrogens with one attached hydrogen (secondary N) is 1. The molecule has 0 bridgehead atoms. The Kier molecular flexibility index (Phi) is 5.71. The smallest absolute Gasteiger partial charge is 0.276 e. The number of Topliss-reactive ketones (excluding diaryl/α,β-unsaturated/α-hetero) is 1. The molecule has 7 nitrogen and oxygen atoms in total. The predicted octanol–water partition coefficient (Wildman–Crippen LogP) is 3.16. The number of thioether (sulfide) groups is 1. The van der Waals surface area contributed by atoms with Crippen molar-refractivity contribution in [2.24, 2.45) is 5.10 Å². The highest BCUT2D eigenvalue weighted by Crippen LogP contribution is 2.26. The first-order valence-electron chi connectivity index (χ1n) is 9.34. The van der Waals surface area contributed by atoms with Crippen LogP contribution in [0.4, 0.5) is 10.1 Å². The fraction of sp³-hybridized carbons (Fsp3) is 0.190. The number of rotatable bonds is 6. The molecule has 2 aliphatic heterocycles. The summed E-state index contributed by atoms with van der Waals surface area (Å²) in [6.45, 7) is 2.47. The lowest BCUT2D eigenvalue weighted by Crippen LogP contribution is -2.52. The van der Waals surface area contributed by atoms with Gasteiger partial charge in [0.25, 0.3) is 5.91 Å². The molecule has 1 N–H and O–H groups in total. The Morgan fingerprint density at radius 2 is 1.90 bits per heavy atom. The van der Waals surface area contributed by atoms with Crippen LogP contribution in [0.15, 0.2) is 66.0 Å². The van der Waals surface area contributed by atoms with E-state index in [2.05, 4.69) is 10.5 Å². The topological polar surface area (TPSA) is 74.2 Å².